The number of halogens is 1. The van der Waals surface area contributed by atoms with Gasteiger partial charge in [0, 0.05) is 28.4 Å². The Morgan fingerprint density at radius 3 is 2.77 bits per heavy atom. The van der Waals surface area contributed by atoms with Gasteiger partial charge in [-0.3, -0.25) is 4.79 Å². The highest BCUT2D eigenvalue weighted by atomic mass is 35.5. The number of carbonyl (C=O) groups excluding carboxylic acids is 1. The molecule has 3 bridgehead atoms. The maximum Gasteiger partial charge on any atom is 0.267 e. The van der Waals surface area contributed by atoms with Gasteiger partial charge in [0.2, 0.25) is 0 Å². The lowest BCUT2D eigenvalue weighted by molar-refractivity contribution is -0.00287. The molecule has 1 amide bonds. The summed E-state index contributed by atoms with van der Waals surface area (Å²) < 4.78 is 0. The molecule has 3 aliphatic rings. The van der Waals surface area contributed by atoms with Crippen LogP contribution in [0.2, 0.25) is 5.02 Å². The van der Waals surface area contributed by atoms with Gasteiger partial charge < -0.3 is 10.3 Å². The standard InChI is InChI=1S/C22H25ClN2O/c23-19-4-2-1-3-17(19)16-11-20(24-12-16)22(26)25-21-15-8-7-14-6-5-13(9-15)10-18(14)21/h1-4,11-15,18,21,24H,5-10H2,(H,25,26). The maximum atomic E-state index is 12.9. The van der Waals surface area contributed by atoms with Gasteiger partial charge in [0.05, 0.1) is 0 Å². The zero-order valence-corrected chi connectivity index (χ0v) is 15.6. The van der Waals surface area contributed by atoms with Crippen molar-refractivity contribution in [1.29, 1.82) is 0 Å². The molecule has 2 aromatic rings. The molecule has 4 heteroatoms. The molecule has 3 nitrogen and oxygen atoms in total. The summed E-state index contributed by atoms with van der Waals surface area (Å²) in [4.78, 5) is 16.1. The minimum atomic E-state index is 0.0305. The molecule has 1 aromatic carbocycles. The van der Waals surface area contributed by atoms with Crippen molar-refractivity contribution in [3.63, 3.8) is 0 Å². The van der Waals surface area contributed by atoms with Crippen LogP contribution in [0.3, 0.4) is 0 Å². The van der Waals surface area contributed by atoms with Crippen LogP contribution in [0.4, 0.5) is 0 Å². The van der Waals surface area contributed by atoms with Crippen LogP contribution in [0, 0.1) is 23.7 Å². The number of aromatic amines is 1. The Morgan fingerprint density at radius 1 is 1.08 bits per heavy atom. The fourth-order valence-corrected chi connectivity index (χ4v) is 6.10. The molecule has 0 spiro atoms. The monoisotopic (exact) mass is 368 g/mol. The molecule has 5 unspecified atom stereocenters. The van der Waals surface area contributed by atoms with E-state index in [9.17, 15) is 4.79 Å². The van der Waals surface area contributed by atoms with E-state index in [1.807, 2.05) is 36.5 Å². The van der Waals surface area contributed by atoms with E-state index < -0.39 is 0 Å². The summed E-state index contributed by atoms with van der Waals surface area (Å²) in [5, 5.41) is 4.10. The summed E-state index contributed by atoms with van der Waals surface area (Å²) in [6.45, 7) is 0. The molecule has 5 rings (SSSR count). The average Bonchev–Trinajstić information content (AvgIpc) is 3.11. The lowest BCUT2D eigenvalue weighted by Gasteiger charge is -2.53. The Bertz CT molecular complexity index is 825. The molecule has 0 saturated heterocycles. The fourth-order valence-electron chi connectivity index (χ4n) is 5.85. The van der Waals surface area contributed by atoms with Gasteiger partial charge in [-0.05, 0) is 67.9 Å². The largest absolute Gasteiger partial charge is 0.357 e. The Kier molecular flexibility index (Phi) is 4.08. The van der Waals surface area contributed by atoms with Crippen molar-refractivity contribution in [2.45, 2.75) is 44.6 Å². The van der Waals surface area contributed by atoms with Crippen molar-refractivity contribution in [2.24, 2.45) is 23.7 Å². The smallest absolute Gasteiger partial charge is 0.267 e. The molecule has 5 atom stereocenters. The second-order valence-corrected chi connectivity index (χ2v) is 8.86. The van der Waals surface area contributed by atoms with E-state index >= 15 is 0 Å². The van der Waals surface area contributed by atoms with E-state index in [1.165, 1.54) is 38.5 Å². The molecule has 2 N–H and O–H groups in total. The van der Waals surface area contributed by atoms with Crippen LogP contribution in [0.25, 0.3) is 11.1 Å². The third-order valence-electron chi connectivity index (χ3n) is 7.08. The Hall–Kier alpha value is -1.74. The van der Waals surface area contributed by atoms with Gasteiger partial charge >= 0.3 is 0 Å². The van der Waals surface area contributed by atoms with Crippen molar-refractivity contribution < 1.29 is 4.79 Å². The minimum absolute atomic E-state index is 0.0305. The molecule has 1 heterocycles. The molecular formula is C22H25ClN2O. The first-order valence-corrected chi connectivity index (χ1v) is 10.3. The molecule has 3 fully saturated rings. The highest BCUT2D eigenvalue weighted by Crippen LogP contribution is 2.52. The predicted molar refractivity (Wildman–Crippen MR) is 104 cm³/mol. The predicted octanol–water partition coefficient (Wildman–Crippen LogP) is 5.28. The van der Waals surface area contributed by atoms with Crippen LogP contribution in [-0.4, -0.2) is 16.9 Å². The first-order chi connectivity index (χ1) is 12.7. The van der Waals surface area contributed by atoms with Crippen LogP contribution < -0.4 is 5.32 Å². The zero-order valence-electron chi connectivity index (χ0n) is 14.9. The summed E-state index contributed by atoms with van der Waals surface area (Å²) in [5.74, 6) is 3.14. The molecule has 0 aliphatic heterocycles. The van der Waals surface area contributed by atoms with Crippen LogP contribution in [0.1, 0.15) is 49.0 Å². The van der Waals surface area contributed by atoms with Crippen molar-refractivity contribution in [2.75, 3.05) is 0 Å². The van der Waals surface area contributed by atoms with Crippen LogP contribution in [0.15, 0.2) is 36.5 Å². The summed E-state index contributed by atoms with van der Waals surface area (Å²) >= 11 is 6.29. The van der Waals surface area contributed by atoms with E-state index in [1.54, 1.807) is 0 Å². The number of amides is 1. The third-order valence-corrected chi connectivity index (χ3v) is 7.41. The maximum absolute atomic E-state index is 12.9. The Labute approximate surface area is 159 Å². The third kappa shape index (κ3) is 2.77. The van der Waals surface area contributed by atoms with Crippen molar-refractivity contribution in [1.82, 2.24) is 10.3 Å². The summed E-state index contributed by atoms with van der Waals surface area (Å²) in [6.07, 6.45) is 9.95. The second kappa shape index (κ2) is 6.45. The quantitative estimate of drug-likeness (QED) is 0.760. The van der Waals surface area contributed by atoms with Gasteiger partial charge in [0.15, 0.2) is 0 Å². The van der Waals surface area contributed by atoms with Crippen LogP contribution in [0.5, 0.6) is 0 Å². The Balaban J connectivity index is 1.34. The van der Waals surface area contributed by atoms with E-state index in [4.69, 9.17) is 11.6 Å². The SMILES string of the molecule is O=C(NC1C2CCC3CCC(C2)CC31)c1cc(-c2ccccc2Cl)c[nH]1. The van der Waals surface area contributed by atoms with E-state index in [0.29, 0.717) is 28.6 Å². The minimum Gasteiger partial charge on any atom is -0.357 e. The van der Waals surface area contributed by atoms with Crippen molar-refractivity contribution in [3.8, 4) is 11.1 Å². The van der Waals surface area contributed by atoms with Crippen LogP contribution >= 0.6 is 11.6 Å². The second-order valence-electron chi connectivity index (χ2n) is 8.46. The number of hydrogen-bond acceptors (Lipinski definition) is 1. The molecule has 136 valence electrons. The molecule has 1 aromatic heterocycles. The topological polar surface area (TPSA) is 44.9 Å². The summed E-state index contributed by atoms with van der Waals surface area (Å²) in [6, 6.07) is 10.0. The lowest BCUT2D eigenvalue weighted by Crippen LogP contribution is -2.55. The highest BCUT2D eigenvalue weighted by Gasteiger charge is 2.47. The molecule has 3 aliphatic carbocycles. The van der Waals surface area contributed by atoms with Crippen molar-refractivity contribution >= 4 is 17.5 Å². The average molecular weight is 369 g/mol. The van der Waals surface area contributed by atoms with Gasteiger partial charge in [0.1, 0.15) is 5.69 Å². The van der Waals surface area contributed by atoms with E-state index in [-0.39, 0.29) is 5.91 Å². The van der Waals surface area contributed by atoms with E-state index in [0.717, 1.165) is 23.0 Å². The number of rotatable bonds is 3. The number of fused-ring (bicyclic) bond motifs is 2. The van der Waals surface area contributed by atoms with Gasteiger partial charge in [-0.25, -0.2) is 0 Å². The number of hydrogen-bond donors (Lipinski definition) is 2. The Morgan fingerprint density at radius 2 is 1.88 bits per heavy atom. The number of carbonyl (C=O) groups is 1. The lowest BCUT2D eigenvalue weighted by atomic mass is 9.55. The first kappa shape index (κ1) is 16.4. The zero-order chi connectivity index (χ0) is 17.7. The highest BCUT2D eigenvalue weighted by molar-refractivity contribution is 6.33. The molecule has 26 heavy (non-hydrogen) atoms. The van der Waals surface area contributed by atoms with Gasteiger partial charge in [-0.15, -0.1) is 0 Å². The van der Waals surface area contributed by atoms with Crippen LogP contribution in [-0.2, 0) is 0 Å². The van der Waals surface area contributed by atoms with Gasteiger partial charge in [0.25, 0.3) is 5.91 Å². The molecule has 0 radical (unpaired) electrons. The number of aromatic nitrogens is 1. The van der Waals surface area contributed by atoms with Crippen molar-refractivity contribution in [3.05, 3.63) is 47.2 Å². The number of H-pyrrole nitrogens is 1. The van der Waals surface area contributed by atoms with Gasteiger partial charge in [-0.1, -0.05) is 36.2 Å². The number of benzene rings is 1. The summed E-state index contributed by atoms with van der Waals surface area (Å²) in [5.41, 5.74) is 2.55. The first-order valence-electron chi connectivity index (χ1n) is 9.93. The normalized spacial score (nSPS) is 32.4. The number of nitrogens with one attached hydrogen (secondary N) is 2. The van der Waals surface area contributed by atoms with E-state index in [2.05, 4.69) is 10.3 Å². The van der Waals surface area contributed by atoms with Gasteiger partial charge in [-0.2, -0.15) is 0 Å². The molecular weight excluding hydrogens is 344 g/mol. The summed E-state index contributed by atoms with van der Waals surface area (Å²) in [7, 11) is 0. The molecule has 3 saturated carbocycles. The fraction of sp³-hybridized carbons (Fsp3) is 0.500.